The maximum absolute atomic E-state index is 12.3. The molecule has 1 aromatic heterocycles. The van der Waals surface area contributed by atoms with Gasteiger partial charge < -0.3 is 10.1 Å². The van der Waals surface area contributed by atoms with Crippen LogP contribution in [0.5, 0.6) is 0 Å². The fraction of sp³-hybridized carbons (Fsp3) is 0.143. The molecule has 0 aliphatic rings. The minimum Gasteiger partial charge on any atom is -0.477 e. The van der Waals surface area contributed by atoms with Crippen LogP contribution in [0.15, 0.2) is 10.9 Å². The van der Waals surface area contributed by atoms with E-state index >= 15 is 0 Å². The predicted molar refractivity (Wildman–Crippen MR) is 45.7 cm³/mol. The van der Waals surface area contributed by atoms with Gasteiger partial charge in [-0.3, -0.25) is 14.9 Å². The van der Waals surface area contributed by atoms with Gasteiger partial charge in [0.05, 0.1) is 4.92 Å². The van der Waals surface area contributed by atoms with E-state index < -0.39 is 39.6 Å². The van der Waals surface area contributed by atoms with Crippen molar-refractivity contribution in [2.75, 3.05) is 0 Å². The number of aromatic carboxylic acids is 1. The molecule has 0 amide bonds. The highest BCUT2D eigenvalue weighted by molar-refractivity contribution is 5.88. The second-order valence-electron chi connectivity index (χ2n) is 2.83. The van der Waals surface area contributed by atoms with Gasteiger partial charge in [-0.15, -0.1) is 0 Å². The summed E-state index contributed by atoms with van der Waals surface area (Å²) >= 11 is 0. The molecule has 0 bridgehead atoms. The normalized spacial score (nSPS) is 11.2. The van der Waals surface area contributed by atoms with Crippen LogP contribution in [0.2, 0.25) is 0 Å². The Bertz CT molecular complexity index is 547. The molecule has 1 aromatic rings. The van der Waals surface area contributed by atoms with Crippen LogP contribution in [0.1, 0.15) is 16.1 Å². The van der Waals surface area contributed by atoms with Crippen molar-refractivity contribution < 1.29 is 28.0 Å². The molecule has 1 rings (SSSR count). The molecule has 17 heavy (non-hydrogen) atoms. The molecule has 0 saturated heterocycles. The van der Waals surface area contributed by atoms with Crippen LogP contribution in [0.4, 0.5) is 18.9 Å². The molecule has 0 radical (unpaired) electrons. The third-order valence-electron chi connectivity index (χ3n) is 1.73. The number of nitro groups is 1. The number of carboxylic acids is 1. The number of hydrogen-bond acceptors (Lipinski definition) is 4. The maximum Gasteiger partial charge on any atom is 0.438 e. The highest BCUT2D eigenvalue weighted by atomic mass is 19.4. The van der Waals surface area contributed by atoms with Gasteiger partial charge in [0, 0.05) is 6.07 Å². The van der Waals surface area contributed by atoms with Gasteiger partial charge in [0.1, 0.15) is 5.56 Å². The van der Waals surface area contributed by atoms with Crippen molar-refractivity contribution >= 4 is 11.7 Å². The second-order valence-corrected chi connectivity index (χ2v) is 2.83. The average molecular weight is 252 g/mol. The zero-order valence-corrected chi connectivity index (χ0v) is 7.74. The van der Waals surface area contributed by atoms with Gasteiger partial charge in [0.25, 0.3) is 11.2 Å². The third kappa shape index (κ3) is 2.41. The Morgan fingerprint density at radius 1 is 1.47 bits per heavy atom. The molecule has 0 aliphatic carbocycles. The van der Waals surface area contributed by atoms with Crippen LogP contribution in [0.25, 0.3) is 0 Å². The molecule has 0 aromatic carbocycles. The number of nitrogens with zero attached hydrogens (tertiary/aromatic N) is 1. The minimum absolute atomic E-state index is 0.0734. The molecule has 92 valence electrons. The lowest BCUT2D eigenvalue weighted by Crippen LogP contribution is -2.24. The Labute approximate surface area is 89.6 Å². The number of nitrogens with one attached hydrogen (secondary N) is 1. The number of alkyl halides is 3. The number of rotatable bonds is 2. The topological polar surface area (TPSA) is 113 Å². The highest BCUT2D eigenvalue weighted by Crippen LogP contribution is 2.33. The zero-order valence-electron chi connectivity index (χ0n) is 7.74. The van der Waals surface area contributed by atoms with Crippen molar-refractivity contribution in [1.29, 1.82) is 0 Å². The van der Waals surface area contributed by atoms with E-state index in [1.165, 1.54) is 0 Å². The van der Waals surface area contributed by atoms with Crippen LogP contribution in [0, 0.1) is 10.1 Å². The van der Waals surface area contributed by atoms with E-state index in [-0.39, 0.29) is 6.07 Å². The smallest absolute Gasteiger partial charge is 0.438 e. The highest BCUT2D eigenvalue weighted by Gasteiger charge is 2.40. The molecule has 10 heteroatoms. The molecule has 7 nitrogen and oxygen atoms in total. The Morgan fingerprint density at radius 3 is 2.35 bits per heavy atom. The summed E-state index contributed by atoms with van der Waals surface area (Å²) in [4.78, 5) is 31.4. The SMILES string of the molecule is O=C(O)c1cc([N+](=O)[O-])c(C(F)(F)F)[nH]c1=O. The van der Waals surface area contributed by atoms with Gasteiger partial charge in [-0.2, -0.15) is 13.2 Å². The number of pyridine rings is 1. The van der Waals surface area contributed by atoms with Crippen molar-refractivity contribution in [3.63, 3.8) is 0 Å². The number of carboxylic acid groups (broad SMARTS) is 1. The van der Waals surface area contributed by atoms with Crippen LogP contribution < -0.4 is 5.56 Å². The maximum atomic E-state index is 12.3. The van der Waals surface area contributed by atoms with Crippen molar-refractivity contribution in [3.8, 4) is 0 Å². The van der Waals surface area contributed by atoms with E-state index in [0.717, 1.165) is 4.98 Å². The molecule has 0 spiro atoms. The summed E-state index contributed by atoms with van der Waals surface area (Å²) in [5.74, 6) is -1.86. The van der Waals surface area contributed by atoms with Crippen molar-refractivity contribution in [3.05, 3.63) is 37.8 Å². The first-order valence-electron chi connectivity index (χ1n) is 3.86. The van der Waals surface area contributed by atoms with Gasteiger partial charge in [0.15, 0.2) is 0 Å². The van der Waals surface area contributed by atoms with E-state index in [4.69, 9.17) is 5.11 Å². The summed E-state index contributed by atoms with van der Waals surface area (Å²) in [6.45, 7) is 0. The molecule has 0 saturated carbocycles. The lowest BCUT2D eigenvalue weighted by atomic mass is 10.2. The number of halogens is 3. The monoisotopic (exact) mass is 252 g/mol. The Kier molecular flexibility index (Phi) is 2.90. The van der Waals surface area contributed by atoms with E-state index in [2.05, 4.69) is 0 Å². The van der Waals surface area contributed by atoms with Crippen molar-refractivity contribution in [2.45, 2.75) is 6.18 Å². The van der Waals surface area contributed by atoms with Gasteiger partial charge in [-0.1, -0.05) is 0 Å². The Balaban J connectivity index is 3.65. The van der Waals surface area contributed by atoms with E-state index in [1.54, 1.807) is 0 Å². The number of aromatic amines is 1. The predicted octanol–water partition coefficient (Wildman–Crippen LogP) is 1.00. The summed E-state index contributed by atoms with van der Waals surface area (Å²) in [6, 6.07) is 0.0734. The molecular weight excluding hydrogens is 249 g/mol. The molecule has 0 fully saturated rings. The van der Waals surface area contributed by atoms with Gasteiger partial charge in [-0.05, 0) is 0 Å². The van der Waals surface area contributed by atoms with Crippen LogP contribution in [-0.2, 0) is 6.18 Å². The first-order valence-corrected chi connectivity index (χ1v) is 3.86. The number of carbonyl (C=O) groups is 1. The van der Waals surface area contributed by atoms with Crippen LogP contribution in [0.3, 0.4) is 0 Å². The van der Waals surface area contributed by atoms with Crippen molar-refractivity contribution in [2.24, 2.45) is 0 Å². The first-order chi connectivity index (χ1) is 7.64. The number of aromatic nitrogens is 1. The standard InChI is InChI=1S/C7H3F3N2O5/c8-7(9,10)4-3(12(16)17)1-2(6(14)15)5(13)11-4/h1H,(H,11,13)(H,14,15). The third-order valence-corrected chi connectivity index (χ3v) is 1.73. The lowest BCUT2D eigenvalue weighted by Gasteiger charge is -2.07. The van der Waals surface area contributed by atoms with E-state index in [0.29, 0.717) is 0 Å². The van der Waals surface area contributed by atoms with Crippen LogP contribution >= 0.6 is 0 Å². The van der Waals surface area contributed by atoms with Gasteiger partial charge in [-0.25, -0.2) is 4.79 Å². The molecule has 2 N–H and O–H groups in total. The quantitative estimate of drug-likeness (QED) is 0.602. The molecule has 0 aliphatic heterocycles. The Hall–Kier alpha value is -2.39. The summed E-state index contributed by atoms with van der Waals surface area (Å²) in [5.41, 5.74) is -6.10. The number of hydrogen-bond donors (Lipinski definition) is 2. The largest absolute Gasteiger partial charge is 0.477 e. The lowest BCUT2D eigenvalue weighted by molar-refractivity contribution is -0.388. The Morgan fingerprint density at radius 2 is 2.00 bits per heavy atom. The summed E-state index contributed by atoms with van der Waals surface area (Å²) < 4.78 is 36.9. The summed E-state index contributed by atoms with van der Waals surface area (Å²) in [7, 11) is 0. The average Bonchev–Trinajstić information content (AvgIpc) is 2.14. The molecule has 1 heterocycles. The summed E-state index contributed by atoms with van der Waals surface area (Å²) in [5, 5.41) is 18.8. The fourth-order valence-electron chi connectivity index (χ4n) is 1.04. The fourth-order valence-corrected chi connectivity index (χ4v) is 1.04. The molecule has 0 unspecified atom stereocenters. The van der Waals surface area contributed by atoms with Crippen LogP contribution in [-0.4, -0.2) is 21.0 Å². The first kappa shape index (κ1) is 12.7. The van der Waals surface area contributed by atoms with Crippen molar-refractivity contribution in [1.82, 2.24) is 4.98 Å². The second kappa shape index (κ2) is 3.88. The van der Waals surface area contributed by atoms with Gasteiger partial charge >= 0.3 is 12.1 Å². The molecular formula is C7H3F3N2O5. The number of H-pyrrole nitrogens is 1. The van der Waals surface area contributed by atoms with E-state index in [9.17, 15) is 32.9 Å². The summed E-state index contributed by atoms with van der Waals surface area (Å²) in [6.07, 6.45) is -5.15. The minimum atomic E-state index is -5.15. The molecule has 0 atom stereocenters. The van der Waals surface area contributed by atoms with Gasteiger partial charge in [0.2, 0.25) is 5.69 Å². The zero-order chi connectivity index (χ0) is 13.4. The van der Waals surface area contributed by atoms with E-state index in [1.807, 2.05) is 0 Å².